The van der Waals surface area contributed by atoms with Gasteiger partial charge in [0.25, 0.3) is 0 Å². The largest absolute Gasteiger partial charge is 0.435 e. The minimum absolute atomic E-state index is 0.0838. The van der Waals surface area contributed by atoms with Crippen molar-refractivity contribution in [3.8, 4) is 0 Å². The van der Waals surface area contributed by atoms with Crippen LogP contribution in [-0.4, -0.2) is 23.4 Å². The number of esters is 2. The van der Waals surface area contributed by atoms with Crippen molar-refractivity contribution in [2.75, 3.05) is 0 Å². The molecule has 24 heavy (non-hydrogen) atoms. The molecule has 0 saturated heterocycles. The lowest BCUT2D eigenvalue weighted by Gasteiger charge is -2.39. The van der Waals surface area contributed by atoms with Crippen LogP contribution >= 0.6 is 0 Å². The van der Waals surface area contributed by atoms with E-state index in [1.54, 1.807) is 0 Å². The number of carbonyl (C=O) groups is 2. The third-order valence-electron chi connectivity index (χ3n) is 4.29. The van der Waals surface area contributed by atoms with Crippen molar-refractivity contribution in [3.63, 3.8) is 0 Å². The van der Waals surface area contributed by atoms with E-state index in [2.05, 4.69) is 10.2 Å². The Morgan fingerprint density at radius 2 is 0.833 bits per heavy atom. The molecule has 0 unspecified atom stereocenters. The molecule has 0 atom stereocenters. The Balaban J connectivity index is 6.16. The Bertz CT molecular complexity index is 410. The molecule has 6 nitrogen and oxygen atoms in total. The fraction of sp³-hybridized carbons (Fsp3) is 0.889. The summed E-state index contributed by atoms with van der Waals surface area (Å²) in [5.41, 5.74) is -2.19. The molecule has 0 radical (unpaired) electrons. The third kappa shape index (κ3) is 5.02. The molecule has 0 aliphatic heterocycles. The first-order valence-electron chi connectivity index (χ1n) is 8.65. The maximum absolute atomic E-state index is 11.6. The second-order valence-corrected chi connectivity index (χ2v) is 7.51. The lowest BCUT2D eigenvalue weighted by atomic mass is 9.87. The van der Waals surface area contributed by atoms with Crippen LogP contribution in [0.5, 0.6) is 0 Å². The van der Waals surface area contributed by atoms with Crippen LogP contribution in [0.3, 0.4) is 0 Å². The molecule has 0 bridgehead atoms. The summed E-state index contributed by atoms with van der Waals surface area (Å²) in [5, 5.41) is 8.93. The molecule has 0 heterocycles. The van der Waals surface area contributed by atoms with E-state index in [4.69, 9.17) is 9.47 Å². The fourth-order valence-corrected chi connectivity index (χ4v) is 2.92. The Morgan fingerprint density at radius 1 is 0.625 bits per heavy atom. The Kier molecular flexibility index (Phi) is 8.06. The minimum Gasteiger partial charge on any atom is -0.435 e. The lowest BCUT2D eigenvalue weighted by molar-refractivity contribution is -0.178. The summed E-state index contributed by atoms with van der Waals surface area (Å²) in [6.07, 6.45) is 0. The van der Waals surface area contributed by atoms with Crippen LogP contribution in [0.25, 0.3) is 0 Å². The molecule has 0 aromatic rings. The van der Waals surface area contributed by atoms with Gasteiger partial charge in [0.05, 0.1) is 0 Å². The topological polar surface area (TPSA) is 77.3 Å². The van der Waals surface area contributed by atoms with E-state index in [-0.39, 0.29) is 23.7 Å². The van der Waals surface area contributed by atoms with Crippen molar-refractivity contribution >= 4 is 11.9 Å². The molecule has 0 N–H and O–H groups in total. The SMILES string of the molecule is CC(=O)OC(N=NC(OC(C)=O)(C(C)C)C(C)C)(C(C)C)C(C)C. The van der Waals surface area contributed by atoms with Crippen molar-refractivity contribution in [2.45, 2.75) is 80.7 Å². The lowest BCUT2D eigenvalue weighted by Crippen LogP contribution is -2.46. The van der Waals surface area contributed by atoms with Gasteiger partial charge in [0, 0.05) is 37.5 Å². The van der Waals surface area contributed by atoms with Crippen LogP contribution in [0, 0.1) is 23.7 Å². The first-order chi connectivity index (χ1) is 10.8. The van der Waals surface area contributed by atoms with Crippen LogP contribution in [0.4, 0.5) is 0 Å². The molecule has 0 aliphatic carbocycles. The average molecular weight is 342 g/mol. The summed E-state index contributed by atoms with van der Waals surface area (Å²) in [4.78, 5) is 23.3. The van der Waals surface area contributed by atoms with Gasteiger partial charge in [-0.1, -0.05) is 55.4 Å². The zero-order chi connectivity index (χ0) is 19.3. The highest BCUT2D eigenvalue weighted by Gasteiger charge is 2.45. The van der Waals surface area contributed by atoms with Gasteiger partial charge in [0.1, 0.15) is 0 Å². The standard InChI is InChI=1S/C18H34N2O4/c1-11(2)17(12(3)4,23-15(9)21)19-20-18(13(5)6,14(7)8)24-16(10)22/h11-14H,1-10H3. The van der Waals surface area contributed by atoms with Gasteiger partial charge in [0.15, 0.2) is 0 Å². The first kappa shape index (κ1) is 22.5. The van der Waals surface area contributed by atoms with E-state index >= 15 is 0 Å². The number of carbonyl (C=O) groups excluding carboxylic acids is 2. The highest BCUT2D eigenvalue weighted by atomic mass is 16.6. The van der Waals surface area contributed by atoms with Gasteiger partial charge >= 0.3 is 11.9 Å². The second kappa shape index (κ2) is 8.58. The van der Waals surface area contributed by atoms with Gasteiger partial charge in [-0.15, -0.1) is 10.2 Å². The Labute approximate surface area is 146 Å². The van der Waals surface area contributed by atoms with E-state index < -0.39 is 23.4 Å². The van der Waals surface area contributed by atoms with Crippen molar-refractivity contribution in [1.29, 1.82) is 0 Å². The number of rotatable bonds is 8. The molecule has 0 aromatic carbocycles. The molecule has 0 amide bonds. The monoisotopic (exact) mass is 342 g/mol. The molecular formula is C18H34N2O4. The highest BCUT2D eigenvalue weighted by molar-refractivity contribution is 5.67. The van der Waals surface area contributed by atoms with Crippen LogP contribution < -0.4 is 0 Å². The first-order valence-corrected chi connectivity index (χ1v) is 8.65. The third-order valence-corrected chi connectivity index (χ3v) is 4.29. The predicted octanol–water partition coefficient (Wildman–Crippen LogP) is 4.58. The van der Waals surface area contributed by atoms with Gasteiger partial charge in [0.2, 0.25) is 11.4 Å². The minimum atomic E-state index is -1.10. The maximum Gasteiger partial charge on any atom is 0.304 e. The Hall–Kier alpha value is -1.46. The summed E-state index contributed by atoms with van der Waals surface area (Å²) in [5.74, 6) is -1.16. The number of hydrogen-bond donors (Lipinski definition) is 0. The highest BCUT2D eigenvalue weighted by Crippen LogP contribution is 2.38. The van der Waals surface area contributed by atoms with E-state index in [0.29, 0.717) is 0 Å². The summed E-state index contributed by atoms with van der Waals surface area (Å²) in [7, 11) is 0. The quantitative estimate of drug-likeness (QED) is 0.478. The molecule has 6 heteroatoms. The normalized spacial score (nSPS) is 13.4. The van der Waals surface area contributed by atoms with Gasteiger partial charge in [-0.3, -0.25) is 9.59 Å². The summed E-state index contributed by atoms with van der Waals surface area (Å²) < 4.78 is 11.2. The zero-order valence-corrected chi connectivity index (χ0v) is 16.8. The van der Waals surface area contributed by atoms with Crippen molar-refractivity contribution < 1.29 is 19.1 Å². The molecule has 0 fully saturated rings. The van der Waals surface area contributed by atoms with Crippen LogP contribution in [-0.2, 0) is 19.1 Å². The van der Waals surface area contributed by atoms with Crippen molar-refractivity contribution in [3.05, 3.63) is 0 Å². The molecule has 0 saturated carbocycles. The molecule has 0 spiro atoms. The van der Waals surface area contributed by atoms with E-state index in [9.17, 15) is 9.59 Å². The van der Waals surface area contributed by atoms with Crippen molar-refractivity contribution in [1.82, 2.24) is 0 Å². The summed E-state index contributed by atoms with van der Waals surface area (Å²) >= 11 is 0. The number of azo groups is 1. The molecule has 0 aromatic heterocycles. The van der Waals surface area contributed by atoms with Gasteiger partial charge in [-0.2, -0.15) is 0 Å². The number of nitrogens with zero attached hydrogens (tertiary/aromatic N) is 2. The van der Waals surface area contributed by atoms with Gasteiger partial charge in [-0.05, 0) is 0 Å². The summed E-state index contributed by atoms with van der Waals surface area (Å²) in [6.45, 7) is 18.2. The number of hydrogen-bond acceptors (Lipinski definition) is 6. The van der Waals surface area contributed by atoms with Gasteiger partial charge in [-0.25, -0.2) is 0 Å². The van der Waals surface area contributed by atoms with Crippen molar-refractivity contribution in [2.24, 2.45) is 33.9 Å². The number of ether oxygens (including phenoxy) is 2. The van der Waals surface area contributed by atoms with Crippen LogP contribution in [0.15, 0.2) is 10.2 Å². The molecular weight excluding hydrogens is 308 g/mol. The van der Waals surface area contributed by atoms with E-state index in [1.807, 2.05) is 55.4 Å². The van der Waals surface area contributed by atoms with E-state index in [1.165, 1.54) is 13.8 Å². The molecule has 0 aliphatic rings. The zero-order valence-electron chi connectivity index (χ0n) is 16.8. The molecule has 0 rings (SSSR count). The Morgan fingerprint density at radius 3 is 0.958 bits per heavy atom. The average Bonchev–Trinajstić information content (AvgIpc) is 2.39. The fourth-order valence-electron chi connectivity index (χ4n) is 2.92. The summed E-state index contributed by atoms with van der Waals surface area (Å²) in [6, 6.07) is 0. The predicted molar refractivity (Wildman–Crippen MR) is 93.2 cm³/mol. The maximum atomic E-state index is 11.6. The second-order valence-electron chi connectivity index (χ2n) is 7.51. The van der Waals surface area contributed by atoms with Gasteiger partial charge < -0.3 is 9.47 Å². The van der Waals surface area contributed by atoms with E-state index in [0.717, 1.165) is 0 Å². The molecule has 140 valence electrons. The smallest absolute Gasteiger partial charge is 0.304 e. The van der Waals surface area contributed by atoms with Crippen LogP contribution in [0.1, 0.15) is 69.2 Å². The van der Waals surface area contributed by atoms with Crippen LogP contribution in [0.2, 0.25) is 0 Å².